The highest BCUT2D eigenvalue weighted by Gasteiger charge is 2.18. The van der Waals surface area contributed by atoms with Crippen LogP contribution in [0.2, 0.25) is 0 Å². The Morgan fingerprint density at radius 3 is 2.09 bits per heavy atom. The van der Waals surface area contributed by atoms with Gasteiger partial charge in [-0.3, -0.25) is 9.59 Å². The third-order valence-corrected chi connectivity index (χ3v) is 3.27. The Bertz CT molecular complexity index is 507. The van der Waals surface area contributed by atoms with Gasteiger partial charge in [-0.1, -0.05) is 6.92 Å². The van der Waals surface area contributed by atoms with Crippen LogP contribution in [0.25, 0.3) is 0 Å². The summed E-state index contributed by atoms with van der Waals surface area (Å²) in [4.78, 5) is 25.9. The molecule has 0 aliphatic carbocycles. The molecule has 1 rings (SSSR count). The molecular weight excluding hydrogens is 298 g/mol. The van der Waals surface area contributed by atoms with Gasteiger partial charge in [0.2, 0.25) is 0 Å². The van der Waals surface area contributed by atoms with E-state index in [0.29, 0.717) is 36.8 Å². The maximum Gasteiger partial charge on any atom is 0.307 e. The Morgan fingerprint density at radius 2 is 1.61 bits per heavy atom. The van der Waals surface area contributed by atoms with Crippen LogP contribution in [0.4, 0.5) is 0 Å². The van der Waals surface area contributed by atoms with Gasteiger partial charge in [0.1, 0.15) is 11.5 Å². The summed E-state index contributed by atoms with van der Waals surface area (Å²) in [5, 5.41) is 0. The predicted octanol–water partition coefficient (Wildman–Crippen LogP) is 2.51. The molecule has 0 bridgehead atoms. The van der Waals surface area contributed by atoms with Crippen LogP contribution >= 0.6 is 0 Å². The van der Waals surface area contributed by atoms with Crippen molar-refractivity contribution in [2.75, 3.05) is 33.9 Å². The molecular formula is C17H25NO5. The fraction of sp³-hybridized carbons (Fsp3) is 0.529. The number of rotatable bonds is 9. The van der Waals surface area contributed by atoms with Crippen LogP contribution in [0, 0.1) is 0 Å². The van der Waals surface area contributed by atoms with Crippen LogP contribution in [-0.4, -0.2) is 50.7 Å². The lowest BCUT2D eigenvalue weighted by Gasteiger charge is -2.22. The molecule has 0 N–H and O–H groups in total. The lowest BCUT2D eigenvalue weighted by molar-refractivity contribution is -0.143. The number of nitrogens with zero attached hydrogens (tertiary/aromatic N) is 1. The fourth-order valence-corrected chi connectivity index (χ4v) is 2.16. The maximum atomic E-state index is 12.7. The zero-order valence-corrected chi connectivity index (χ0v) is 14.3. The summed E-state index contributed by atoms with van der Waals surface area (Å²) in [7, 11) is 3.07. The van der Waals surface area contributed by atoms with Crippen LogP contribution in [0.5, 0.6) is 11.5 Å². The molecule has 0 radical (unpaired) electrons. The van der Waals surface area contributed by atoms with E-state index in [0.717, 1.165) is 6.42 Å². The molecule has 23 heavy (non-hydrogen) atoms. The summed E-state index contributed by atoms with van der Waals surface area (Å²) in [6.07, 6.45) is 0.982. The van der Waals surface area contributed by atoms with Gasteiger partial charge >= 0.3 is 5.97 Å². The number of hydrogen-bond acceptors (Lipinski definition) is 5. The molecule has 0 heterocycles. The Morgan fingerprint density at radius 1 is 1.00 bits per heavy atom. The monoisotopic (exact) mass is 323 g/mol. The normalized spacial score (nSPS) is 10.1. The van der Waals surface area contributed by atoms with E-state index in [-0.39, 0.29) is 18.3 Å². The number of benzene rings is 1. The van der Waals surface area contributed by atoms with Crippen molar-refractivity contribution >= 4 is 11.9 Å². The zero-order chi connectivity index (χ0) is 17.2. The van der Waals surface area contributed by atoms with Gasteiger partial charge in [0.05, 0.1) is 27.2 Å². The second kappa shape index (κ2) is 9.71. The molecule has 0 unspecified atom stereocenters. The molecule has 1 aromatic carbocycles. The zero-order valence-electron chi connectivity index (χ0n) is 14.3. The van der Waals surface area contributed by atoms with E-state index in [4.69, 9.17) is 14.2 Å². The minimum Gasteiger partial charge on any atom is -0.497 e. The van der Waals surface area contributed by atoms with Crippen LogP contribution < -0.4 is 9.47 Å². The van der Waals surface area contributed by atoms with E-state index in [9.17, 15) is 9.59 Å². The van der Waals surface area contributed by atoms with Crippen molar-refractivity contribution in [2.24, 2.45) is 0 Å². The first-order chi connectivity index (χ1) is 11.0. The topological polar surface area (TPSA) is 65.1 Å². The Balaban J connectivity index is 2.89. The first-order valence-electron chi connectivity index (χ1n) is 7.73. The molecule has 0 atom stereocenters. The maximum absolute atomic E-state index is 12.7. The molecule has 1 aromatic rings. The van der Waals surface area contributed by atoms with Crippen LogP contribution in [0.3, 0.4) is 0 Å². The summed E-state index contributed by atoms with van der Waals surface area (Å²) < 4.78 is 15.3. The van der Waals surface area contributed by atoms with E-state index >= 15 is 0 Å². The fourth-order valence-electron chi connectivity index (χ4n) is 2.16. The van der Waals surface area contributed by atoms with Gasteiger partial charge in [0.15, 0.2) is 0 Å². The molecule has 0 aromatic heterocycles. The van der Waals surface area contributed by atoms with E-state index in [1.54, 1.807) is 30.0 Å². The van der Waals surface area contributed by atoms with Gasteiger partial charge in [-0.05, 0) is 25.5 Å². The van der Waals surface area contributed by atoms with Crippen LogP contribution in [0.15, 0.2) is 18.2 Å². The smallest absolute Gasteiger partial charge is 0.307 e. The molecule has 128 valence electrons. The molecule has 0 saturated heterocycles. The highest BCUT2D eigenvalue weighted by molar-refractivity contribution is 5.95. The third-order valence-electron chi connectivity index (χ3n) is 3.27. The predicted molar refractivity (Wildman–Crippen MR) is 87.0 cm³/mol. The number of ether oxygens (including phenoxy) is 3. The Hall–Kier alpha value is -2.24. The summed E-state index contributed by atoms with van der Waals surface area (Å²) >= 11 is 0. The minimum atomic E-state index is -0.301. The Labute approximate surface area is 137 Å². The van der Waals surface area contributed by atoms with E-state index in [1.165, 1.54) is 14.2 Å². The summed E-state index contributed by atoms with van der Waals surface area (Å²) in [5.74, 6) is 0.641. The average molecular weight is 323 g/mol. The number of carbonyl (C=O) groups is 2. The van der Waals surface area contributed by atoms with Crippen LogP contribution in [0.1, 0.15) is 37.0 Å². The molecule has 0 saturated carbocycles. The molecule has 0 spiro atoms. The Kier molecular flexibility index (Phi) is 7.94. The van der Waals surface area contributed by atoms with Gasteiger partial charge in [-0.15, -0.1) is 0 Å². The molecule has 1 amide bonds. The third kappa shape index (κ3) is 5.81. The van der Waals surface area contributed by atoms with Crippen molar-refractivity contribution in [3.05, 3.63) is 23.8 Å². The van der Waals surface area contributed by atoms with E-state index in [1.807, 2.05) is 6.92 Å². The SMILES string of the molecule is CCCN(CCC(=O)OCC)C(=O)c1cc(OC)cc(OC)c1. The molecule has 0 aliphatic rings. The average Bonchev–Trinajstić information content (AvgIpc) is 2.57. The summed E-state index contributed by atoms with van der Waals surface area (Å²) in [6.45, 7) is 4.97. The lowest BCUT2D eigenvalue weighted by Crippen LogP contribution is -2.34. The van der Waals surface area contributed by atoms with Crippen molar-refractivity contribution in [2.45, 2.75) is 26.7 Å². The van der Waals surface area contributed by atoms with Gasteiger partial charge in [0, 0.05) is 24.7 Å². The van der Waals surface area contributed by atoms with Crippen molar-refractivity contribution in [1.82, 2.24) is 4.90 Å². The first kappa shape index (κ1) is 18.8. The lowest BCUT2D eigenvalue weighted by atomic mass is 10.1. The quantitative estimate of drug-likeness (QED) is 0.653. The van der Waals surface area contributed by atoms with E-state index in [2.05, 4.69) is 0 Å². The highest BCUT2D eigenvalue weighted by Crippen LogP contribution is 2.23. The second-order valence-corrected chi connectivity index (χ2v) is 4.95. The van der Waals surface area contributed by atoms with E-state index < -0.39 is 0 Å². The van der Waals surface area contributed by atoms with Crippen LogP contribution in [-0.2, 0) is 9.53 Å². The summed E-state index contributed by atoms with van der Waals surface area (Å²) in [6, 6.07) is 5.04. The van der Waals surface area contributed by atoms with Gasteiger partial charge < -0.3 is 19.1 Å². The number of hydrogen-bond donors (Lipinski definition) is 0. The number of amides is 1. The highest BCUT2D eigenvalue weighted by atomic mass is 16.5. The van der Waals surface area contributed by atoms with Crippen molar-refractivity contribution < 1.29 is 23.8 Å². The van der Waals surface area contributed by atoms with Crippen molar-refractivity contribution in [1.29, 1.82) is 0 Å². The minimum absolute atomic E-state index is 0.159. The number of methoxy groups -OCH3 is 2. The molecule has 6 heteroatoms. The molecule has 0 fully saturated rings. The molecule has 0 aliphatic heterocycles. The van der Waals surface area contributed by atoms with Crippen molar-refractivity contribution in [3.8, 4) is 11.5 Å². The standard InChI is InChI=1S/C17H25NO5/c1-5-8-18(9-7-16(19)23-6-2)17(20)13-10-14(21-3)12-15(11-13)22-4/h10-12H,5-9H2,1-4H3. The van der Waals surface area contributed by atoms with Gasteiger partial charge in [0.25, 0.3) is 5.91 Å². The van der Waals surface area contributed by atoms with Crippen molar-refractivity contribution in [3.63, 3.8) is 0 Å². The first-order valence-corrected chi connectivity index (χ1v) is 7.73. The van der Waals surface area contributed by atoms with Gasteiger partial charge in [-0.25, -0.2) is 0 Å². The number of esters is 1. The summed E-state index contributed by atoms with van der Waals surface area (Å²) in [5.41, 5.74) is 0.471. The van der Waals surface area contributed by atoms with Gasteiger partial charge in [-0.2, -0.15) is 0 Å². The second-order valence-electron chi connectivity index (χ2n) is 4.95. The largest absolute Gasteiger partial charge is 0.497 e. The number of carbonyl (C=O) groups excluding carboxylic acids is 2. The molecule has 6 nitrogen and oxygen atoms in total.